The summed E-state index contributed by atoms with van der Waals surface area (Å²) < 4.78 is 28.2. The van der Waals surface area contributed by atoms with Gasteiger partial charge in [0.05, 0.1) is 24.3 Å². The minimum Gasteiger partial charge on any atom is -0.414 e. The quantitative estimate of drug-likeness (QED) is 0.145. The van der Waals surface area contributed by atoms with Crippen molar-refractivity contribution in [2.24, 2.45) is 0 Å². The van der Waals surface area contributed by atoms with Crippen molar-refractivity contribution in [1.29, 1.82) is 0 Å². The smallest absolute Gasteiger partial charge is 0.262 e. The zero-order chi connectivity index (χ0) is 35.8. The Morgan fingerprint density at radius 3 is 1.76 bits per heavy atom. The fourth-order valence-electron chi connectivity index (χ4n) is 5.63. The topological polar surface area (TPSA) is 74.3 Å². The fraction of sp³-hybridized carbons (Fsp3) is 0.487. The summed E-state index contributed by atoms with van der Waals surface area (Å²) in [5.74, 6) is -0.688. The van der Waals surface area contributed by atoms with Crippen LogP contribution in [0, 0.1) is 0 Å². The number of amides is 2. The molecule has 0 radical (unpaired) electrons. The van der Waals surface area contributed by atoms with Gasteiger partial charge in [-0.15, -0.1) is 0 Å². The van der Waals surface area contributed by atoms with Crippen LogP contribution in [-0.4, -0.2) is 69.7 Å². The largest absolute Gasteiger partial charge is 0.414 e. The Bertz CT molecular complexity index is 1570. The van der Waals surface area contributed by atoms with Crippen LogP contribution in [0.25, 0.3) is 0 Å². The second-order valence-corrected chi connectivity index (χ2v) is 26.9. The van der Waals surface area contributed by atoms with E-state index in [1.165, 1.54) is 16.7 Å². The molecule has 2 heterocycles. The van der Waals surface area contributed by atoms with Gasteiger partial charge in [-0.2, -0.15) is 0 Å². The molecule has 2 amide bonds. The Morgan fingerprint density at radius 1 is 0.714 bits per heavy atom. The van der Waals surface area contributed by atoms with Gasteiger partial charge in [-0.3, -0.25) is 14.5 Å². The Kier molecular flexibility index (Phi) is 11.2. The highest BCUT2D eigenvalue weighted by Gasteiger charge is 2.57. The fourth-order valence-corrected chi connectivity index (χ4v) is 9.16. The molecule has 0 spiro atoms. The second kappa shape index (κ2) is 14.6. The molecule has 3 aromatic carbocycles. The van der Waals surface area contributed by atoms with Crippen LogP contribution in [0.1, 0.15) is 67.8 Å². The van der Waals surface area contributed by atoms with Gasteiger partial charge in [0.25, 0.3) is 11.8 Å². The molecule has 264 valence electrons. The van der Waals surface area contributed by atoms with Crippen LogP contribution < -0.4 is 0 Å². The first-order chi connectivity index (χ1) is 22.9. The van der Waals surface area contributed by atoms with E-state index in [0.717, 1.165) is 10.5 Å². The number of hydrogen-bond acceptors (Lipinski definition) is 7. The molecule has 7 nitrogen and oxygen atoms in total. The summed E-state index contributed by atoms with van der Waals surface area (Å²) in [4.78, 5) is 30.9. The van der Waals surface area contributed by atoms with Crippen LogP contribution in [-0.2, 0) is 24.9 Å². The number of imide groups is 1. The molecule has 0 unspecified atom stereocenters. The number of benzene rings is 3. The highest BCUT2D eigenvalue weighted by Crippen LogP contribution is 2.45. The SMILES string of the molecule is CC(C)(C)[Si](C)(C)OC[C@H]1O[C@@H](Sc2ccccc2)[C@H](N2C(=O)c3ccccc3C2=O)[C@@H](OCc2ccccc2)[C@H]1O[Si](C)(C)C(C)(C)C. The summed E-state index contributed by atoms with van der Waals surface area (Å²) in [6, 6.07) is 26.2. The summed E-state index contributed by atoms with van der Waals surface area (Å²) >= 11 is 1.50. The van der Waals surface area contributed by atoms with E-state index in [1.54, 1.807) is 24.3 Å². The molecule has 0 aromatic heterocycles. The lowest BCUT2D eigenvalue weighted by Gasteiger charge is -2.52. The van der Waals surface area contributed by atoms with Crippen molar-refractivity contribution in [3.63, 3.8) is 0 Å². The Morgan fingerprint density at radius 2 is 1.22 bits per heavy atom. The van der Waals surface area contributed by atoms with E-state index in [1.807, 2.05) is 60.7 Å². The Labute approximate surface area is 299 Å². The first kappa shape index (κ1) is 37.7. The van der Waals surface area contributed by atoms with E-state index >= 15 is 0 Å². The lowest BCUT2D eigenvalue weighted by atomic mass is 9.96. The third-order valence-electron chi connectivity index (χ3n) is 10.7. The van der Waals surface area contributed by atoms with E-state index in [4.69, 9.17) is 18.3 Å². The predicted octanol–water partition coefficient (Wildman–Crippen LogP) is 9.17. The zero-order valence-electron chi connectivity index (χ0n) is 30.7. The van der Waals surface area contributed by atoms with Crippen LogP contribution in [0.5, 0.6) is 0 Å². The molecule has 0 N–H and O–H groups in total. The predicted molar refractivity (Wildman–Crippen MR) is 202 cm³/mol. The van der Waals surface area contributed by atoms with E-state index in [2.05, 4.69) is 67.7 Å². The number of carbonyl (C=O) groups is 2. The summed E-state index contributed by atoms with van der Waals surface area (Å²) in [6.07, 6.45) is -1.84. The van der Waals surface area contributed by atoms with Crippen LogP contribution in [0.4, 0.5) is 0 Å². The molecule has 49 heavy (non-hydrogen) atoms. The monoisotopic (exact) mass is 719 g/mol. The van der Waals surface area contributed by atoms with E-state index < -0.39 is 46.4 Å². The number of thioether (sulfide) groups is 1. The zero-order valence-corrected chi connectivity index (χ0v) is 33.5. The molecule has 2 aliphatic heterocycles. The van der Waals surface area contributed by atoms with Crippen LogP contribution in [0.3, 0.4) is 0 Å². The molecule has 0 bridgehead atoms. The van der Waals surface area contributed by atoms with Crippen molar-refractivity contribution in [3.8, 4) is 0 Å². The van der Waals surface area contributed by atoms with Gasteiger partial charge in [0.1, 0.15) is 29.8 Å². The number of hydrogen-bond donors (Lipinski definition) is 0. The second-order valence-electron chi connectivity index (χ2n) is 16.2. The van der Waals surface area contributed by atoms with E-state index in [-0.39, 0.29) is 28.5 Å². The van der Waals surface area contributed by atoms with Crippen molar-refractivity contribution >= 4 is 40.2 Å². The van der Waals surface area contributed by atoms with Crippen molar-refractivity contribution in [1.82, 2.24) is 4.90 Å². The summed E-state index contributed by atoms with van der Waals surface area (Å²) in [6.45, 7) is 22.8. The summed E-state index contributed by atoms with van der Waals surface area (Å²) in [7, 11) is -4.66. The average molecular weight is 720 g/mol. The number of rotatable bonds is 11. The average Bonchev–Trinajstić information content (AvgIpc) is 3.28. The Balaban J connectivity index is 1.65. The van der Waals surface area contributed by atoms with Crippen molar-refractivity contribution in [2.45, 2.75) is 119 Å². The molecular formula is C39H53NO6SSi2. The number of fused-ring (bicyclic) bond motifs is 1. The van der Waals surface area contributed by atoms with Crippen molar-refractivity contribution in [2.75, 3.05) is 6.61 Å². The summed E-state index contributed by atoms with van der Waals surface area (Å²) in [5, 5.41) is -0.135. The van der Waals surface area contributed by atoms with Gasteiger partial charge in [0.2, 0.25) is 0 Å². The molecule has 10 heteroatoms. The van der Waals surface area contributed by atoms with Crippen molar-refractivity contribution in [3.05, 3.63) is 102 Å². The number of carbonyl (C=O) groups excluding carboxylic acids is 2. The molecule has 2 aliphatic rings. The normalized spacial score (nSPS) is 23.6. The highest BCUT2D eigenvalue weighted by atomic mass is 32.2. The van der Waals surface area contributed by atoms with Gasteiger partial charge in [-0.25, -0.2) is 0 Å². The molecule has 1 saturated heterocycles. The molecule has 0 saturated carbocycles. The Hall–Kier alpha value is -2.58. The molecule has 3 aromatic rings. The molecule has 5 atom stereocenters. The maximum Gasteiger partial charge on any atom is 0.262 e. The lowest BCUT2D eigenvalue weighted by Crippen LogP contribution is -2.68. The molecule has 5 rings (SSSR count). The third-order valence-corrected chi connectivity index (χ3v) is 20.8. The number of ether oxygens (including phenoxy) is 2. The van der Waals surface area contributed by atoms with Crippen LogP contribution in [0.2, 0.25) is 36.3 Å². The van der Waals surface area contributed by atoms with Crippen LogP contribution >= 0.6 is 11.8 Å². The lowest BCUT2D eigenvalue weighted by molar-refractivity contribution is -0.194. The van der Waals surface area contributed by atoms with Gasteiger partial charge in [-0.05, 0) is 66.1 Å². The maximum atomic E-state index is 14.3. The first-order valence-electron chi connectivity index (χ1n) is 17.2. The molecular weight excluding hydrogens is 667 g/mol. The molecule has 1 fully saturated rings. The van der Waals surface area contributed by atoms with E-state index in [0.29, 0.717) is 17.7 Å². The summed E-state index contributed by atoms with van der Waals surface area (Å²) in [5.41, 5.74) is 1.12. The van der Waals surface area contributed by atoms with Crippen molar-refractivity contribution < 1.29 is 27.9 Å². The first-order valence-corrected chi connectivity index (χ1v) is 23.9. The minimum atomic E-state index is -2.46. The van der Waals surface area contributed by atoms with Gasteiger partial charge < -0.3 is 18.3 Å². The minimum absolute atomic E-state index is 0.0123. The molecule has 0 aliphatic carbocycles. The highest BCUT2D eigenvalue weighted by molar-refractivity contribution is 7.99. The standard InChI is InChI=1S/C39H53NO6SSi2/c1-38(2,3)48(7,8)44-26-31-33(46-49(9,10)39(4,5)6)34(43-25-27-19-13-11-14-20-27)32(37(45-31)47-28-21-15-12-16-22-28)40-35(41)29-23-17-18-24-30(29)36(40)42/h11-24,31-34,37H,25-26H2,1-10H3/t31-,32-,33+,34-,37+/m1/s1. The van der Waals surface area contributed by atoms with Gasteiger partial charge in [0.15, 0.2) is 16.6 Å². The van der Waals surface area contributed by atoms with Gasteiger partial charge >= 0.3 is 0 Å². The van der Waals surface area contributed by atoms with E-state index in [9.17, 15) is 9.59 Å². The third kappa shape index (κ3) is 8.16. The maximum absolute atomic E-state index is 14.3. The van der Waals surface area contributed by atoms with Gasteiger partial charge in [0, 0.05) is 4.90 Å². The number of nitrogens with zero attached hydrogens (tertiary/aromatic N) is 1. The van der Waals surface area contributed by atoms with Gasteiger partial charge in [-0.1, -0.05) is 114 Å². The van der Waals surface area contributed by atoms with Crippen LogP contribution in [0.15, 0.2) is 89.8 Å².